The smallest absolute Gasteiger partial charge is 0.0449 e. The van der Waals surface area contributed by atoms with Crippen LogP contribution in [0.2, 0.25) is 0 Å². The Morgan fingerprint density at radius 3 is 1.17 bits per heavy atom. The van der Waals surface area contributed by atoms with Gasteiger partial charge in [-0.1, -0.05) is 36.4 Å². The summed E-state index contributed by atoms with van der Waals surface area (Å²) < 4.78 is 0. The molecule has 0 spiro atoms. The summed E-state index contributed by atoms with van der Waals surface area (Å²) in [6.07, 6.45) is 8.85. The van der Waals surface area contributed by atoms with Gasteiger partial charge >= 0.3 is 0 Å². The van der Waals surface area contributed by atoms with Crippen molar-refractivity contribution in [3.8, 4) is 9.75 Å². The first-order valence-electron chi connectivity index (χ1n) is 12.9. The van der Waals surface area contributed by atoms with Gasteiger partial charge in [-0.05, 0) is 99.5 Å². The third kappa shape index (κ3) is 6.57. The highest BCUT2D eigenvalue weighted by Crippen LogP contribution is 2.35. The lowest BCUT2D eigenvalue weighted by Gasteiger charge is -2.20. The molecular weight excluding hydrogens is 477 g/mol. The Morgan fingerprint density at radius 1 is 0.472 bits per heavy atom. The van der Waals surface area contributed by atoms with Gasteiger partial charge in [-0.3, -0.25) is 0 Å². The largest absolute Gasteiger partial charge is 0.372 e. The molecule has 186 valence electrons. The highest BCUT2D eigenvalue weighted by molar-refractivity contribution is 7.23. The number of rotatable bonds is 11. The van der Waals surface area contributed by atoms with Crippen molar-refractivity contribution in [2.75, 3.05) is 36.0 Å². The topological polar surface area (TPSA) is 6.48 Å². The quantitative estimate of drug-likeness (QED) is 0.197. The lowest BCUT2D eigenvalue weighted by molar-refractivity contribution is 0.866. The standard InChI is InChI=1S/C32H36N2S2/c1-5-33(6-2)27-15-9-25(10-16-27)13-19-29-21-23-31(35-29)32-24-22-30(36-32)20-14-26-11-17-28(18-12-26)34(7-3)8-4/h9-24H,5-8H2,1-4H3/b19-13+,20-14+. The third-order valence-corrected chi connectivity index (χ3v) is 8.72. The zero-order valence-electron chi connectivity index (χ0n) is 21.8. The molecule has 0 radical (unpaired) electrons. The Hall–Kier alpha value is -3.08. The summed E-state index contributed by atoms with van der Waals surface area (Å²) >= 11 is 3.69. The highest BCUT2D eigenvalue weighted by Gasteiger charge is 2.05. The number of nitrogens with zero attached hydrogens (tertiary/aromatic N) is 2. The van der Waals surface area contributed by atoms with Crippen molar-refractivity contribution in [1.82, 2.24) is 0 Å². The summed E-state index contributed by atoms with van der Waals surface area (Å²) in [5.74, 6) is 0. The number of anilines is 2. The van der Waals surface area contributed by atoms with Crippen LogP contribution in [0.4, 0.5) is 11.4 Å². The Balaban J connectivity index is 1.38. The number of hydrogen-bond donors (Lipinski definition) is 0. The van der Waals surface area contributed by atoms with E-state index in [2.05, 4.69) is 135 Å². The molecule has 4 rings (SSSR count). The fourth-order valence-corrected chi connectivity index (χ4v) is 6.19. The molecule has 0 aliphatic carbocycles. The molecule has 4 aromatic rings. The predicted molar refractivity (Wildman–Crippen MR) is 165 cm³/mol. The van der Waals surface area contributed by atoms with Crippen LogP contribution in [-0.2, 0) is 0 Å². The van der Waals surface area contributed by atoms with Crippen LogP contribution in [0, 0.1) is 0 Å². The second kappa shape index (κ2) is 12.8. The molecule has 0 bridgehead atoms. The molecule has 0 aliphatic heterocycles. The first-order valence-corrected chi connectivity index (χ1v) is 14.5. The maximum absolute atomic E-state index is 2.37. The predicted octanol–water partition coefficient (Wildman–Crippen LogP) is 9.51. The fourth-order valence-electron chi connectivity index (χ4n) is 4.28. The van der Waals surface area contributed by atoms with Crippen molar-refractivity contribution < 1.29 is 0 Å². The van der Waals surface area contributed by atoms with E-state index in [0.717, 1.165) is 26.2 Å². The third-order valence-electron chi connectivity index (χ3n) is 6.42. The van der Waals surface area contributed by atoms with Gasteiger partial charge in [0.25, 0.3) is 0 Å². The maximum atomic E-state index is 2.37. The second-order valence-electron chi connectivity index (χ2n) is 8.60. The summed E-state index contributed by atoms with van der Waals surface area (Å²) in [6, 6.07) is 26.6. The summed E-state index contributed by atoms with van der Waals surface area (Å²) in [4.78, 5) is 9.92. The van der Waals surface area contributed by atoms with Gasteiger partial charge in [0.1, 0.15) is 0 Å². The molecule has 2 aromatic carbocycles. The number of benzene rings is 2. The molecule has 0 fully saturated rings. The Bertz CT molecular complexity index is 1170. The van der Waals surface area contributed by atoms with E-state index in [9.17, 15) is 0 Å². The van der Waals surface area contributed by atoms with E-state index < -0.39 is 0 Å². The van der Waals surface area contributed by atoms with Crippen molar-refractivity contribution in [2.45, 2.75) is 27.7 Å². The molecule has 0 saturated carbocycles. The van der Waals surface area contributed by atoms with Crippen LogP contribution in [0.15, 0.2) is 72.8 Å². The van der Waals surface area contributed by atoms with E-state index >= 15 is 0 Å². The van der Waals surface area contributed by atoms with Crippen LogP contribution in [0.5, 0.6) is 0 Å². The zero-order valence-corrected chi connectivity index (χ0v) is 23.4. The van der Waals surface area contributed by atoms with Gasteiger partial charge in [0.15, 0.2) is 0 Å². The molecule has 0 atom stereocenters. The van der Waals surface area contributed by atoms with Crippen molar-refractivity contribution in [1.29, 1.82) is 0 Å². The molecule has 4 heteroatoms. The van der Waals surface area contributed by atoms with Crippen LogP contribution in [0.1, 0.15) is 48.6 Å². The lowest BCUT2D eigenvalue weighted by atomic mass is 10.1. The van der Waals surface area contributed by atoms with Gasteiger partial charge in [0.2, 0.25) is 0 Å². The zero-order chi connectivity index (χ0) is 25.3. The van der Waals surface area contributed by atoms with E-state index in [1.54, 1.807) is 0 Å². The minimum absolute atomic E-state index is 1.04. The molecule has 0 saturated heterocycles. The van der Waals surface area contributed by atoms with Crippen LogP contribution in [0.3, 0.4) is 0 Å². The summed E-state index contributed by atoms with van der Waals surface area (Å²) in [7, 11) is 0. The summed E-state index contributed by atoms with van der Waals surface area (Å²) in [5, 5.41) is 0. The highest BCUT2D eigenvalue weighted by atomic mass is 32.1. The molecule has 2 aromatic heterocycles. The molecular formula is C32H36N2S2. The van der Waals surface area contributed by atoms with Crippen LogP contribution < -0.4 is 9.80 Å². The molecule has 2 nitrogen and oxygen atoms in total. The molecule has 0 N–H and O–H groups in total. The monoisotopic (exact) mass is 512 g/mol. The van der Waals surface area contributed by atoms with Gasteiger partial charge in [0.05, 0.1) is 0 Å². The number of thiophene rings is 2. The average molecular weight is 513 g/mol. The maximum Gasteiger partial charge on any atom is 0.0449 e. The minimum atomic E-state index is 1.04. The summed E-state index contributed by atoms with van der Waals surface area (Å²) in [6.45, 7) is 12.9. The first kappa shape index (κ1) is 26.0. The van der Waals surface area contributed by atoms with Gasteiger partial charge in [-0.25, -0.2) is 0 Å². The second-order valence-corrected chi connectivity index (χ2v) is 10.8. The molecule has 0 aliphatic rings. The van der Waals surface area contributed by atoms with Crippen LogP contribution >= 0.6 is 22.7 Å². The Morgan fingerprint density at radius 2 is 0.833 bits per heavy atom. The van der Waals surface area contributed by atoms with Crippen molar-refractivity contribution in [3.05, 3.63) is 93.7 Å². The fraction of sp³-hybridized carbons (Fsp3) is 0.250. The van der Waals surface area contributed by atoms with Crippen LogP contribution in [0.25, 0.3) is 34.1 Å². The van der Waals surface area contributed by atoms with E-state index in [1.165, 1.54) is 42.0 Å². The first-order chi connectivity index (χ1) is 17.6. The van der Waals surface area contributed by atoms with E-state index in [0.29, 0.717) is 0 Å². The van der Waals surface area contributed by atoms with Gasteiger partial charge in [-0.15, -0.1) is 22.7 Å². The average Bonchev–Trinajstić information content (AvgIpc) is 3.59. The van der Waals surface area contributed by atoms with E-state index in [4.69, 9.17) is 0 Å². The van der Waals surface area contributed by atoms with Crippen molar-refractivity contribution in [3.63, 3.8) is 0 Å². The number of hydrogen-bond acceptors (Lipinski definition) is 4. The Labute approximate surface area is 224 Å². The minimum Gasteiger partial charge on any atom is -0.372 e. The van der Waals surface area contributed by atoms with Gasteiger partial charge < -0.3 is 9.80 Å². The lowest BCUT2D eigenvalue weighted by Crippen LogP contribution is -2.21. The van der Waals surface area contributed by atoms with Crippen molar-refractivity contribution >= 4 is 58.4 Å². The molecule has 0 amide bonds. The van der Waals surface area contributed by atoms with E-state index in [-0.39, 0.29) is 0 Å². The van der Waals surface area contributed by atoms with Gasteiger partial charge in [-0.2, -0.15) is 0 Å². The summed E-state index contributed by atoms with van der Waals surface area (Å²) in [5.41, 5.74) is 5.04. The Kier molecular flexibility index (Phi) is 9.21. The molecule has 36 heavy (non-hydrogen) atoms. The van der Waals surface area contributed by atoms with Gasteiger partial charge in [0, 0.05) is 57.1 Å². The molecule has 0 unspecified atom stereocenters. The normalized spacial score (nSPS) is 11.6. The van der Waals surface area contributed by atoms with E-state index in [1.807, 2.05) is 22.7 Å². The molecule has 2 heterocycles. The van der Waals surface area contributed by atoms with Crippen molar-refractivity contribution in [2.24, 2.45) is 0 Å². The van der Waals surface area contributed by atoms with Crippen LogP contribution in [-0.4, -0.2) is 26.2 Å². The SMILES string of the molecule is CCN(CC)c1ccc(/C=C/c2ccc(-c3ccc(/C=C/c4ccc(N(CC)CC)cc4)s3)s2)cc1.